The number of carbonyl (C=O) groups is 1. The number of ether oxygens (including phenoxy) is 1. The van der Waals surface area contributed by atoms with Gasteiger partial charge in [-0.1, -0.05) is 30.3 Å². The quantitative estimate of drug-likeness (QED) is 0.673. The molecular weight excluding hydrogens is 252 g/mol. The van der Waals surface area contributed by atoms with E-state index >= 15 is 0 Å². The van der Waals surface area contributed by atoms with Gasteiger partial charge in [-0.05, 0) is 25.1 Å². The summed E-state index contributed by atoms with van der Waals surface area (Å²) in [6, 6.07) is 14.8. The van der Waals surface area contributed by atoms with Gasteiger partial charge < -0.3 is 9.15 Å². The van der Waals surface area contributed by atoms with Crippen LogP contribution in [0.1, 0.15) is 21.7 Å². The highest BCUT2D eigenvalue weighted by atomic mass is 16.5. The van der Waals surface area contributed by atoms with E-state index in [9.17, 15) is 4.79 Å². The van der Waals surface area contributed by atoms with Gasteiger partial charge in [0.25, 0.3) is 0 Å². The van der Waals surface area contributed by atoms with E-state index in [4.69, 9.17) is 9.15 Å². The van der Waals surface area contributed by atoms with Crippen LogP contribution in [0.15, 0.2) is 52.9 Å². The van der Waals surface area contributed by atoms with Crippen LogP contribution in [0, 0.1) is 6.92 Å². The van der Waals surface area contributed by atoms with Gasteiger partial charge in [-0.15, -0.1) is 0 Å². The average Bonchev–Trinajstić information content (AvgIpc) is 2.82. The van der Waals surface area contributed by atoms with Crippen LogP contribution in [0.25, 0.3) is 11.0 Å². The molecule has 0 aliphatic heterocycles. The molecule has 0 fully saturated rings. The largest absolute Gasteiger partial charge is 0.496 e. The maximum atomic E-state index is 12.8. The van der Waals surface area contributed by atoms with Crippen molar-refractivity contribution in [2.24, 2.45) is 0 Å². The molecule has 20 heavy (non-hydrogen) atoms. The summed E-state index contributed by atoms with van der Waals surface area (Å²) in [5.74, 6) is 1.12. The summed E-state index contributed by atoms with van der Waals surface area (Å²) in [7, 11) is 1.56. The highest BCUT2D eigenvalue weighted by Gasteiger charge is 2.21. The van der Waals surface area contributed by atoms with Crippen LogP contribution in [-0.2, 0) is 0 Å². The van der Waals surface area contributed by atoms with E-state index in [1.54, 1.807) is 19.2 Å². The summed E-state index contributed by atoms with van der Waals surface area (Å²) in [5.41, 5.74) is 1.87. The third-order valence-electron chi connectivity index (χ3n) is 3.35. The Morgan fingerprint density at radius 3 is 2.55 bits per heavy atom. The van der Waals surface area contributed by atoms with Crippen LogP contribution in [0.4, 0.5) is 0 Å². The standard InChI is InChI=1S/C17H14O3/c1-11-16(12-7-3-6-10-15(12)20-11)17(18)13-8-4-5-9-14(13)19-2/h3-10H,1-2H3. The molecule has 0 atom stereocenters. The lowest BCUT2D eigenvalue weighted by Crippen LogP contribution is -2.04. The van der Waals surface area contributed by atoms with Gasteiger partial charge in [-0.3, -0.25) is 4.79 Å². The molecule has 2 aromatic carbocycles. The molecule has 0 amide bonds. The Bertz CT molecular complexity index is 784. The van der Waals surface area contributed by atoms with Gasteiger partial charge in [0.05, 0.1) is 18.2 Å². The molecule has 0 bridgehead atoms. The summed E-state index contributed by atoms with van der Waals surface area (Å²) >= 11 is 0. The van der Waals surface area contributed by atoms with Gasteiger partial charge >= 0.3 is 0 Å². The zero-order chi connectivity index (χ0) is 14.1. The maximum Gasteiger partial charge on any atom is 0.200 e. The summed E-state index contributed by atoms with van der Waals surface area (Å²) in [5, 5.41) is 0.834. The molecular formula is C17H14O3. The monoisotopic (exact) mass is 266 g/mol. The smallest absolute Gasteiger partial charge is 0.200 e. The van der Waals surface area contributed by atoms with Gasteiger partial charge in [0.2, 0.25) is 5.78 Å². The summed E-state index contributed by atoms with van der Waals surface area (Å²) in [6.07, 6.45) is 0. The second-order valence-electron chi connectivity index (χ2n) is 4.56. The summed E-state index contributed by atoms with van der Waals surface area (Å²) < 4.78 is 10.9. The number of aryl methyl sites for hydroxylation is 1. The Balaban J connectivity index is 2.20. The van der Waals surface area contributed by atoms with Crippen LogP contribution in [0.3, 0.4) is 0 Å². The molecule has 0 aliphatic carbocycles. The first-order chi connectivity index (χ1) is 9.72. The zero-order valence-corrected chi connectivity index (χ0v) is 11.3. The predicted molar refractivity (Wildman–Crippen MR) is 77.4 cm³/mol. The van der Waals surface area contributed by atoms with Crippen molar-refractivity contribution in [3.05, 3.63) is 65.4 Å². The Kier molecular flexibility index (Phi) is 3.03. The van der Waals surface area contributed by atoms with Crippen molar-refractivity contribution in [1.82, 2.24) is 0 Å². The van der Waals surface area contributed by atoms with Crippen LogP contribution < -0.4 is 4.74 Å². The highest BCUT2D eigenvalue weighted by molar-refractivity contribution is 6.17. The van der Waals surface area contributed by atoms with Crippen LogP contribution >= 0.6 is 0 Å². The van der Waals surface area contributed by atoms with Crippen LogP contribution in [-0.4, -0.2) is 12.9 Å². The number of hydrogen-bond donors (Lipinski definition) is 0. The number of carbonyl (C=O) groups excluding carboxylic acids is 1. The molecule has 0 spiro atoms. The Hall–Kier alpha value is -2.55. The fraction of sp³-hybridized carbons (Fsp3) is 0.118. The SMILES string of the molecule is COc1ccccc1C(=O)c1c(C)oc2ccccc12. The van der Waals surface area contributed by atoms with Gasteiger partial charge in [0, 0.05) is 5.39 Å². The second-order valence-corrected chi connectivity index (χ2v) is 4.56. The van der Waals surface area contributed by atoms with Gasteiger partial charge in [0.1, 0.15) is 17.1 Å². The van der Waals surface area contributed by atoms with E-state index in [2.05, 4.69) is 0 Å². The molecule has 3 nitrogen and oxygen atoms in total. The van der Waals surface area contributed by atoms with Crippen molar-refractivity contribution < 1.29 is 13.9 Å². The normalized spacial score (nSPS) is 10.7. The van der Waals surface area contributed by atoms with Crippen molar-refractivity contribution >= 4 is 16.8 Å². The third-order valence-corrected chi connectivity index (χ3v) is 3.35. The Labute approximate surface area is 116 Å². The van der Waals surface area contributed by atoms with E-state index in [1.807, 2.05) is 43.3 Å². The number of furan rings is 1. The topological polar surface area (TPSA) is 39.4 Å². The van der Waals surface area contributed by atoms with E-state index in [0.717, 1.165) is 11.0 Å². The van der Waals surface area contributed by atoms with Gasteiger partial charge in [-0.2, -0.15) is 0 Å². The fourth-order valence-electron chi connectivity index (χ4n) is 2.42. The van der Waals surface area contributed by atoms with Crippen LogP contribution in [0.2, 0.25) is 0 Å². The number of fused-ring (bicyclic) bond motifs is 1. The Morgan fingerprint density at radius 2 is 1.75 bits per heavy atom. The molecule has 1 aromatic heterocycles. The van der Waals surface area contributed by atoms with E-state index in [1.165, 1.54) is 0 Å². The molecule has 100 valence electrons. The molecule has 1 heterocycles. The molecule has 0 N–H and O–H groups in total. The van der Waals surface area contributed by atoms with E-state index in [0.29, 0.717) is 22.6 Å². The molecule has 3 aromatic rings. The van der Waals surface area contributed by atoms with Crippen molar-refractivity contribution in [2.45, 2.75) is 6.92 Å². The lowest BCUT2D eigenvalue weighted by molar-refractivity contribution is 0.103. The van der Waals surface area contributed by atoms with Crippen molar-refractivity contribution in [3.8, 4) is 5.75 Å². The number of benzene rings is 2. The molecule has 0 saturated carbocycles. The highest BCUT2D eigenvalue weighted by Crippen LogP contribution is 2.30. The first kappa shape index (κ1) is 12.5. The van der Waals surface area contributed by atoms with E-state index < -0.39 is 0 Å². The molecule has 0 aliphatic rings. The molecule has 0 saturated heterocycles. The summed E-state index contributed by atoms with van der Waals surface area (Å²) in [4.78, 5) is 12.8. The van der Waals surface area contributed by atoms with E-state index in [-0.39, 0.29) is 5.78 Å². The lowest BCUT2D eigenvalue weighted by atomic mass is 10.00. The number of para-hydroxylation sites is 2. The minimum absolute atomic E-state index is 0.0788. The molecule has 0 radical (unpaired) electrons. The average molecular weight is 266 g/mol. The summed E-state index contributed by atoms with van der Waals surface area (Å²) in [6.45, 7) is 1.81. The predicted octanol–water partition coefficient (Wildman–Crippen LogP) is 3.98. The number of ketones is 1. The number of methoxy groups -OCH3 is 1. The molecule has 3 heteroatoms. The first-order valence-corrected chi connectivity index (χ1v) is 6.38. The second kappa shape index (κ2) is 4.85. The minimum Gasteiger partial charge on any atom is -0.496 e. The maximum absolute atomic E-state index is 12.8. The van der Waals surface area contributed by atoms with Crippen molar-refractivity contribution in [2.75, 3.05) is 7.11 Å². The number of rotatable bonds is 3. The number of hydrogen-bond acceptors (Lipinski definition) is 3. The van der Waals surface area contributed by atoms with Crippen LogP contribution in [0.5, 0.6) is 5.75 Å². The first-order valence-electron chi connectivity index (χ1n) is 6.38. The zero-order valence-electron chi connectivity index (χ0n) is 11.3. The third kappa shape index (κ3) is 1.88. The lowest BCUT2D eigenvalue weighted by Gasteiger charge is -2.06. The van der Waals surface area contributed by atoms with Gasteiger partial charge in [0.15, 0.2) is 0 Å². The Morgan fingerprint density at radius 1 is 1.05 bits per heavy atom. The van der Waals surface area contributed by atoms with Crippen molar-refractivity contribution in [1.29, 1.82) is 0 Å². The molecule has 0 unspecified atom stereocenters. The molecule has 3 rings (SSSR count). The minimum atomic E-state index is -0.0788. The fourth-order valence-corrected chi connectivity index (χ4v) is 2.42. The van der Waals surface area contributed by atoms with Gasteiger partial charge in [-0.25, -0.2) is 0 Å². The van der Waals surface area contributed by atoms with Crippen molar-refractivity contribution in [3.63, 3.8) is 0 Å².